The van der Waals surface area contributed by atoms with Crippen LogP contribution >= 0.6 is 0 Å². The Morgan fingerprint density at radius 1 is 1.53 bits per heavy atom. The van der Waals surface area contributed by atoms with E-state index in [1.165, 1.54) is 6.20 Å². The lowest BCUT2D eigenvalue weighted by Crippen LogP contribution is -2.34. The molecule has 7 nitrogen and oxygen atoms in total. The number of nitrogens with one attached hydrogen (secondary N) is 1. The van der Waals surface area contributed by atoms with Crippen molar-refractivity contribution in [3.63, 3.8) is 0 Å². The van der Waals surface area contributed by atoms with Crippen molar-refractivity contribution in [2.45, 2.75) is 20.0 Å². The van der Waals surface area contributed by atoms with Crippen LogP contribution in [0.3, 0.4) is 0 Å². The number of aromatic nitrogens is 3. The summed E-state index contributed by atoms with van der Waals surface area (Å²) < 4.78 is 1.60. The molecule has 2 aromatic heterocycles. The third-order valence-corrected chi connectivity index (χ3v) is 2.80. The fraction of sp³-hybridized carbons (Fsp3) is 0.417. The van der Waals surface area contributed by atoms with Gasteiger partial charge in [-0.1, -0.05) is 0 Å². The molecule has 0 spiro atoms. The smallest absolute Gasteiger partial charge is 0.254 e. The number of aliphatic hydroxyl groups excluding tert-OH is 2. The van der Waals surface area contributed by atoms with E-state index in [1.807, 2.05) is 13.0 Å². The summed E-state index contributed by atoms with van der Waals surface area (Å²) in [4.78, 5) is 16.1. The van der Waals surface area contributed by atoms with Gasteiger partial charge < -0.3 is 15.5 Å². The number of aliphatic hydroxyl groups is 2. The fourth-order valence-corrected chi connectivity index (χ4v) is 1.76. The Kier molecular flexibility index (Phi) is 3.77. The fourth-order valence-electron chi connectivity index (χ4n) is 1.76. The molecule has 0 radical (unpaired) electrons. The summed E-state index contributed by atoms with van der Waals surface area (Å²) in [5.74, 6) is -0.354. The summed E-state index contributed by atoms with van der Waals surface area (Å²) in [5, 5.41) is 24.7. The molecule has 0 fully saturated rings. The summed E-state index contributed by atoms with van der Waals surface area (Å²) in [7, 11) is 0. The van der Waals surface area contributed by atoms with E-state index in [2.05, 4.69) is 15.4 Å². The molecule has 2 rings (SSSR count). The number of nitrogens with zero attached hydrogens (tertiary/aromatic N) is 3. The minimum absolute atomic E-state index is 0.00898. The van der Waals surface area contributed by atoms with E-state index in [9.17, 15) is 9.90 Å². The first-order valence-corrected chi connectivity index (χ1v) is 5.92. The third-order valence-electron chi connectivity index (χ3n) is 2.80. The van der Waals surface area contributed by atoms with Gasteiger partial charge in [-0.2, -0.15) is 5.10 Å². The minimum Gasteiger partial charge on any atom is -0.394 e. The van der Waals surface area contributed by atoms with Crippen LogP contribution in [0.25, 0.3) is 5.65 Å². The molecule has 0 aliphatic heterocycles. The van der Waals surface area contributed by atoms with E-state index in [4.69, 9.17) is 5.11 Å². The van der Waals surface area contributed by atoms with Crippen LogP contribution < -0.4 is 5.32 Å². The van der Waals surface area contributed by atoms with Crippen LogP contribution in [-0.2, 0) is 0 Å². The summed E-state index contributed by atoms with van der Waals surface area (Å²) in [6.45, 7) is 3.23. The van der Waals surface area contributed by atoms with Crippen molar-refractivity contribution in [1.82, 2.24) is 19.9 Å². The monoisotopic (exact) mass is 264 g/mol. The van der Waals surface area contributed by atoms with E-state index >= 15 is 0 Å². The van der Waals surface area contributed by atoms with Crippen LogP contribution in [0.2, 0.25) is 0 Å². The highest BCUT2D eigenvalue weighted by Crippen LogP contribution is 2.10. The summed E-state index contributed by atoms with van der Waals surface area (Å²) in [6, 6.07) is 1.82. The van der Waals surface area contributed by atoms with Crippen LogP contribution in [-0.4, -0.2) is 50.0 Å². The normalized spacial score (nSPS) is 12.6. The molecule has 7 heteroatoms. The quantitative estimate of drug-likeness (QED) is 0.686. The standard InChI is InChI=1S/C12H16N4O3/c1-7-3-11-13-5-10(8(2)16(11)15-7)12(19)14-4-9(18)6-17/h3,5,9,17-18H,4,6H2,1-2H3,(H,14,19). The molecule has 1 atom stereocenters. The van der Waals surface area contributed by atoms with Gasteiger partial charge in [0.1, 0.15) is 0 Å². The topological polar surface area (TPSA) is 99.8 Å². The molecule has 3 N–H and O–H groups in total. The van der Waals surface area contributed by atoms with Crippen molar-refractivity contribution >= 4 is 11.6 Å². The molecule has 0 aliphatic rings. The lowest BCUT2D eigenvalue weighted by atomic mass is 10.2. The average Bonchev–Trinajstić information content (AvgIpc) is 2.77. The van der Waals surface area contributed by atoms with Crippen molar-refractivity contribution in [2.24, 2.45) is 0 Å². The molecule has 2 heterocycles. The Bertz CT molecular complexity index is 608. The summed E-state index contributed by atoms with van der Waals surface area (Å²) >= 11 is 0. The molecular weight excluding hydrogens is 248 g/mol. The first-order chi connectivity index (χ1) is 9.02. The van der Waals surface area contributed by atoms with Crippen molar-refractivity contribution in [2.75, 3.05) is 13.2 Å². The number of aryl methyl sites for hydroxylation is 2. The second kappa shape index (κ2) is 5.33. The molecule has 0 aliphatic carbocycles. The minimum atomic E-state index is -0.965. The molecule has 1 unspecified atom stereocenters. The van der Waals surface area contributed by atoms with Gasteiger partial charge in [-0.3, -0.25) is 4.79 Å². The highest BCUT2D eigenvalue weighted by molar-refractivity contribution is 5.95. The molecule has 102 valence electrons. The van der Waals surface area contributed by atoms with Crippen LogP contribution in [0.15, 0.2) is 12.3 Å². The highest BCUT2D eigenvalue weighted by Gasteiger charge is 2.14. The molecule has 0 bridgehead atoms. The van der Waals surface area contributed by atoms with Gasteiger partial charge in [0.05, 0.1) is 29.7 Å². The van der Waals surface area contributed by atoms with Gasteiger partial charge in [-0.25, -0.2) is 9.50 Å². The maximum Gasteiger partial charge on any atom is 0.254 e. The van der Waals surface area contributed by atoms with Crippen LogP contribution in [0.4, 0.5) is 0 Å². The van der Waals surface area contributed by atoms with Gasteiger partial charge in [0.15, 0.2) is 5.65 Å². The van der Waals surface area contributed by atoms with Gasteiger partial charge in [0, 0.05) is 18.8 Å². The molecule has 0 aromatic carbocycles. The van der Waals surface area contributed by atoms with Crippen molar-refractivity contribution in [3.05, 3.63) is 29.2 Å². The average molecular weight is 264 g/mol. The molecule has 0 saturated carbocycles. The zero-order valence-corrected chi connectivity index (χ0v) is 10.8. The van der Waals surface area contributed by atoms with E-state index in [1.54, 1.807) is 11.4 Å². The van der Waals surface area contributed by atoms with E-state index in [0.29, 0.717) is 16.9 Å². The number of carbonyl (C=O) groups excluding carboxylic acids is 1. The first-order valence-electron chi connectivity index (χ1n) is 5.92. The lowest BCUT2D eigenvalue weighted by Gasteiger charge is -2.10. The van der Waals surface area contributed by atoms with Crippen LogP contribution in [0.1, 0.15) is 21.7 Å². The number of rotatable bonds is 4. The van der Waals surface area contributed by atoms with Gasteiger partial charge in [0.2, 0.25) is 0 Å². The number of hydrogen-bond acceptors (Lipinski definition) is 5. The van der Waals surface area contributed by atoms with Crippen molar-refractivity contribution in [3.8, 4) is 0 Å². The van der Waals surface area contributed by atoms with E-state index in [0.717, 1.165) is 5.69 Å². The van der Waals surface area contributed by atoms with E-state index < -0.39 is 12.7 Å². The van der Waals surface area contributed by atoms with E-state index in [-0.39, 0.29) is 12.5 Å². The predicted octanol–water partition coefficient (Wildman–Crippen LogP) is -0.571. The Balaban J connectivity index is 2.24. The Hall–Kier alpha value is -1.99. The third kappa shape index (κ3) is 2.72. The largest absolute Gasteiger partial charge is 0.394 e. The Morgan fingerprint density at radius 2 is 2.26 bits per heavy atom. The number of amides is 1. The molecule has 2 aromatic rings. The zero-order valence-electron chi connectivity index (χ0n) is 10.8. The summed E-state index contributed by atoms with van der Waals surface area (Å²) in [6.07, 6.45) is 0.514. The van der Waals surface area contributed by atoms with Crippen LogP contribution in [0.5, 0.6) is 0 Å². The van der Waals surface area contributed by atoms with Gasteiger partial charge in [-0.05, 0) is 13.8 Å². The molecule has 0 saturated heterocycles. The van der Waals surface area contributed by atoms with Gasteiger partial charge in [-0.15, -0.1) is 0 Å². The van der Waals surface area contributed by atoms with Crippen molar-refractivity contribution < 1.29 is 15.0 Å². The molecular formula is C12H16N4O3. The Morgan fingerprint density at radius 3 is 2.95 bits per heavy atom. The number of hydrogen-bond donors (Lipinski definition) is 3. The maximum atomic E-state index is 12.0. The first kappa shape index (κ1) is 13.4. The van der Waals surface area contributed by atoms with Gasteiger partial charge >= 0.3 is 0 Å². The maximum absolute atomic E-state index is 12.0. The number of carbonyl (C=O) groups is 1. The second-order valence-corrected chi connectivity index (χ2v) is 4.36. The van der Waals surface area contributed by atoms with Crippen molar-refractivity contribution in [1.29, 1.82) is 0 Å². The Labute approximate surface area is 109 Å². The predicted molar refractivity (Wildman–Crippen MR) is 67.9 cm³/mol. The van der Waals surface area contributed by atoms with Crippen LogP contribution in [0, 0.1) is 13.8 Å². The molecule has 1 amide bonds. The SMILES string of the molecule is Cc1cc2ncc(C(=O)NCC(O)CO)c(C)n2n1. The molecule has 19 heavy (non-hydrogen) atoms. The lowest BCUT2D eigenvalue weighted by molar-refractivity contribution is 0.0801. The highest BCUT2D eigenvalue weighted by atomic mass is 16.3. The second-order valence-electron chi connectivity index (χ2n) is 4.36. The summed E-state index contributed by atoms with van der Waals surface area (Å²) in [5.41, 5.74) is 2.57. The zero-order chi connectivity index (χ0) is 14.0. The number of fused-ring (bicyclic) bond motifs is 1. The van der Waals surface area contributed by atoms with Gasteiger partial charge in [0.25, 0.3) is 5.91 Å².